The molecule has 1 saturated heterocycles. The van der Waals surface area contributed by atoms with Crippen molar-refractivity contribution in [3.63, 3.8) is 0 Å². The predicted octanol–water partition coefficient (Wildman–Crippen LogP) is 3.60. The molecule has 0 aliphatic carbocycles. The van der Waals surface area contributed by atoms with Gasteiger partial charge in [0, 0.05) is 5.02 Å². The minimum absolute atomic E-state index is 0.0175. The van der Waals surface area contributed by atoms with Crippen molar-refractivity contribution >= 4 is 50.5 Å². The van der Waals surface area contributed by atoms with E-state index in [-0.39, 0.29) is 10.1 Å². The standard InChI is InChI=1S/C17H13ClN2O3S2/c1-11-6-8-13(9-7-11)25(22,23)20-17-19-16(21)15(24-17)10-12-4-2-3-5-14(12)18/h2-10H,1H3,(H,19,20,21)/b15-10-. The minimum Gasteiger partial charge on any atom is -0.300 e. The van der Waals surface area contributed by atoms with Gasteiger partial charge in [-0.15, -0.1) is 4.40 Å². The molecule has 0 saturated carbocycles. The quantitative estimate of drug-likeness (QED) is 0.810. The molecule has 0 bridgehead atoms. The number of carbonyl (C=O) groups is 1. The van der Waals surface area contributed by atoms with Crippen LogP contribution >= 0.6 is 23.4 Å². The molecule has 2 aromatic rings. The smallest absolute Gasteiger partial charge is 0.284 e. The van der Waals surface area contributed by atoms with Gasteiger partial charge >= 0.3 is 0 Å². The molecular weight excluding hydrogens is 380 g/mol. The normalized spacial score (nSPS) is 17.9. The van der Waals surface area contributed by atoms with Gasteiger partial charge in [0.15, 0.2) is 5.17 Å². The van der Waals surface area contributed by atoms with Crippen molar-refractivity contribution in [3.8, 4) is 0 Å². The Hall–Kier alpha value is -2.09. The van der Waals surface area contributed by atoms with Crippen molar-refractivity contribution in [2.75, 3.05) is 0 Å². The summed E-state index contributed by atoms with van der Waals surface area (Å²) in [5.74, 6) is -0.414. The van der Waals surface area contributed by atoms with E-state index in [1.54, 1.807) is 42.5 Å². The van der Waals surface area contributed by atoms with Crippen LogP contribution < -0.4 is 5.32 Å². The lowest BCUT2D eigenvalue weighted by Crippen LogP contribution is -2.20. The summed E-state index contributed by atoms with van der Waals surface area (Å²) in [6.07, 6.45) is 1.60. The van der Waals surface area contributed by atoms with Crippen LogP contribution in [0.2, 0.25) is 5.02 Å². The zero-order valence-corrected chi connectivity index (χ0v) is 15.5. The molecule has 1 aliphatic heterocycles. The minimum atomic E-state index is -3.89. The molecule has 1 fully saturated rings. The fraction of sp³-hybridized carbons (Fsp3) is 0.0588. The highest BCUT2D eigenvalue weighted by Gasteiger charge is 2.26. The Morgan fingerprint density at radius 1 is 1.12 bits per heavy atom. The highest BCUT2D eigenvalue weighted by atomic mass is 35.5. The van der Waals surface area contributed by atoms with Crippen LogP contribution in [0.25, 0.3) is 6.08 Å². The monoisotopic (exact) mass is 392 g/mol. The lowest BCUT2D eigenvalue weighted by Gasteiger charge is -2.00. The number of nitrogens with one attached hydrogen (secondary N) is 1. The third kappa shape index (κ3) is 4.12. The molecule has 5 nitrogen and oxygen atoms in total. The number of benzene rings is 2. The molecule has 25 heavy (non-hydrogen) atoms. The number of halogens is 1. The van der Waals surface area contributed by atoms with Gasteiger partial charge in [0.1, 0.15) is 0 Å². The average Bonchev–Trinajstić information content (AvgIpc) is 2.88. The van der Waals surface area contributed by atoms with Gasteiger partial charge < -0.3 is 0 Å². The molecule has 0 radical (unpaired) electrons. The largest absolute Gasteiger partial charge is 0.300 e. The first-order chi connectivity index (χ1) is 11.8. The van der Waals surface area contributed by atoms with Crippen molar-refractivity contribution in [3.05, 3.63) is 69.6 Å². The number of thioether (sulfide) groups is 1. The Morgan fingerprint density at radius 3 is 2.48 bits per heavy atom. The number of aryl methyl sites for hydroxylation is 1. The highest BCUT2D eigenvalue weighted by Crippen LogP contribution is 2.29. The van der Waals surface area contributed by atoms with E-state index in [2.05, 4.69) is 9.71 Å². The fourth-order valence-corrected chi connectivity index (χ4v) is 4.24. The van der Waals surface area contributed by atoms with Crippen molar-refractivity contribution < 1.29 is 13.2 Å². The topological polar surface area (TPSA) is 75.6 Å². The van der Waals surface area contributed by atoms with Gasteiger partial charge in [-0.1, -0.05) is 47.5 Å². The molecule has 1 heterocycles. The lowest BCUT2D eigenvalue weighted by molar-refractivity contribution is -0.115. The number of carbonyl (C=O) groups excluding carboxylic acids is 1. The van der Waals surface area contributed by atoms with Crippen LogP contribution in [0.15, 0.2) is 62.7 Å². The molecule has 1 amide bonds. The summed E-state index contributed by atoms with van der Waals surface area (Å²) in [4.78, 5) is 12.4. The van der Waals surface area contributed by atoms with Gasteiger partial charge in [0.25, 0.3) is 15.9 Å². The first-order valence-electron chi connectivity index (χ1n) is 7.22. The Morgan fingerprint density at radius 2 is 1.80 bits per heavy atom. The van der Waals surface area contributed by atoms with E-state index in [4.69, 9.17) is 11.6 Å². The number of rotatable bonds is 3. The molecule has 0 aromatic heterocycles. The van der Waals surface area contributed by atoms with Crippen molar-refractivity contribution in [1.82, 2.24) is 5.32 Å². The van der Waals surface area contributed by atoms with Crippen LogP contribution in [0.4, 0.5) is 0 Å². The predicted molar refractivity (Wildman–Crippen MR) is 101 cm³/mol. The van der Waals surface area contributed by atoms with E-state index in [1.807, 2.05) is 6.92 Å². The number of sulfonamides is 1. The maximum atomic E-state index is 12.3. The van der Waals surface area contributed by atoms with E-state index in [0.29, 0.717) is 15.5 Å². The van der Waals surface area contributed by atoms with E-state index >= 15 is 0 Å². The molecule has 2 aromatic carbocycles. The molecular formula is C17H13ClN2O3S2. The number of hydrogen-bond acceptors (Lipinski definition) is 4. The summed E-state index contributed by atoms with van der Waals surface area (Å²) in [6.45, 7) is 1.86. The van der Waals surface area contributed by atoms with Crippen molar-refractivity contribution in [2.45, 2.75) is 11.8 Å². The number of amidine groups is 1. The first-order valence-corrected chi connectivity index (χ1v) is 9.86. The summed E-state index contributed by atoms with van der Waals surface area (Å²) in [6, 6.07) is 13.4. The molecule has 1 aliphatic rings. The van der Waals surface area contributed by atoms with Crippen LogP contribution in [0.1, 0.15) is 11.1 Å². The van der Waals surface area contributed by atoms with Crippen LogP contribution in [-0.2, 0) is 14.8 Å². The molecule has 8 heteroatoms. The second-order valence-electron chi connectivity index (χ2n) is 5.27. The molecule has 3 rings (SSSR count). The van der Waals surface area contributed by atoms with Gasteiger partial charge in [-0.25, -0.2) is 0 Å². The van der Waals surface area contributed by atoms with Crippen LogP contribution in [0.3, 0.4) is 0 Å². The Kier molecular flexibility index (Phi) is 4.99. The molecule has 0 spiro atoms. The van der Waals surface area contributed by atoms with E-state index in [1.165, 1.54) is 12.1 Å². The van der Waals surface area contributed by atoms with E-state index < -0.39 is 15.9 Å². The summed E-state index contributed by atoms with van der Waals surface area (Å²) in [5, 5.41) is 2.98. The van der Waals surface area contributed by atoms with Gasteiger partial charge in [-0.3, -0.25) is 10.1 Å². The summed E-state index contributed by atoms with van der Waals surface area (Å²) < 4.78 is 28.4. The number of hydrogen-bond donors (Lipinski definition) is 1. The molecule has 0 atom stereocenters. The lowest BCUT2D eigenvalue weighted by atomic mass is 10.2. The Labute approximate surface area is 154 Å². The molecule has 0 unspecified atom stereocenters. The van der Waals surface area contributed by atoms with Gasteiger partial charge in [0.05, 0.1) is 9.80 Å². The van der Waals surface area contributed by atoms with Crippen molar-refractivity contribution in [1.29, 1.82) is 0 Å². The highest BCUT2D eigenvalue weighted by molar-refractivity contribution is 8.19. The summed E-state index contributed by atoms with van der Waals surface area (Å²) in [7, 11) is -3.89. The second kappa shape index (κ2) is 7.03. The first kappa shape index (κ1) is 17.7. The van der Waals surface area contributed by atoms with Crippen molar-refractivity contribution in [2.24, 2.45) is 4.40 Å². The summed E-state index contributed by atoms with van der Waals surface area (Å²) in [5.41, 5.74) is 1.62. The van der Waals surface area contributed by atoms with Crippen LogP contribution in [-0.4, -0.2) is 19.5 Å². The number of amides is 1. The molecule has 1 N–H and O–H groups in total. The summed E-state index contributed by atoms with van der Waals surface area (Å²) >= 11 is 7.03. The fourth-order valence-electron chi connectivity index (χ4n) is 2.08. The van der Waals surface area contributed by atoms with Crippen LogP contribution in [0, 0.1) is 6.92 Å². The van der Waals surface area contributed by atoms with Gasteiger partial charge in [0.2, 0.25) is 0 Å². The average molecular weight is 393 g/mol. The van der Waals surface area contributed by atoms with E-state index in [0.717, 1.165) is 17.3 Å². The van der Waals surface area contributed by atoms with E-state index in [9.17, 15) is 13.2 Å². The van der Waals surface area contributed by atoms with Gasteiger partial charge in [-0.05, 0) is 48.5 Å². The second-order valence-corrected chi connectivity index (χ2v) is 8.31. The molecule has 128 valence electrons. The van der Waals surface area contributed by atoms with Crippen LogP contribution in [0.5, 0.6) is 0 Å². The Bertz CT molecular complexity index is 997. The Balaban J connectivity index is 1.88. The maximum absolute atomic E-state index is 12.3. The third-order valence-electron chi connectivity index (χ3n) is 3.36. The third-order valence-corrected chi connectivity index (χ3v) is 6.03. The maximum Gasteiger partial charge on any atom is 0.284 e. The zero-order valence-electron chi connectivity index (χ0n) is 13.1. The zero-order chi connectivity index (χ0) is 18.0. The van der Waals surface area contributed by atoms with Gasteiger partial charge in [-0.2, -0.15) is 8.42 Å². The number of nitrogens with zero attached hydrogens (tertiary/aromatic N) is 1. The SMILES string of the molecule is Cc1ccc(S(=O)(=O)/N=C2\NC(=O)/C(=C/c3ccccc3Cl)S2)cc1.